The SMILES string of the molecule is Cc1noc(-c2ccccc2NC(=O)[C@@H]2CCCCN2)n1. The molecule has 0 aliphatic carbocycles. The van der Waals surface area contributed by atoms with E-state index in [-0.39, 0.29) is 11.9 Å². The highest BCUT2D eigenvalue weighted by molar-refractivity contribution is 5.97. The lowest BCUT2D eigenvalue weighted by Crippen LogP contribution is -2.43. The topological polar surface area (TPSA) is 80.0 Å². The summed E-state index contributed by atoms with van der Waals surface area (Å²) in [7, 11) is 0. The first kappa shape index (κ1) is 13.8. The number of aryl methyl sites for hydroxylation is 1. The second-order valence-electron chi connectivity index (χ2n) is 5.18. The minimum Gasteiger partial charge on any atom is -0.334 e. The van der Waals surface area contributed by atoms with E-state index in [4.69, 9.17) is 4.52 Å². The smallest absolute Gasteiger partial charge is 0.260 e. The maximum atomic E-state index is 12.3. The summed E-state index contributed by atoms with van der Waals surface area (Å²) in [5.41, 5.74) is 1.43. The van der Waals surface area contributed by atoms with Crippen molar-refractivity contribution in [2.45, 2.75) is 32.2 Å². The highest BCUT2D eigenvalue weighted by Gasteiger charge is 2.22. The molecular formula is C15H18N4O2. The van der Waals surface area contributed by atoms with Gasteiger partial charge in [-0.1, -0.05) is 23.7 Å². The molecule has 2 heterocycles. The van der Waals surface area contributed by atoms with Crippen LogP contribution < -0.4 is 10.6 Å². The van der Waals surface area contributed by atoms with Crippen molar-refractivity contribution in [2.75, 3.05) is 11.9 Å². The number of para-hydroxylation sites is 1. The number of hydrogen-bond donors (Lipinski definition) is 2. The zero-order chi connectivity index (χ0) is 14.7. The molecule has 0 spiro atoms. The van der Waals surface area contributed by atoms with Gasteiger partial charge in [0.25, 0.3) is 5.89 Å². The van der Waals surface area contributed by atoms with Crippen LogP contribution in [0.1, 0.15) is 25.1 Å². The van der Waals surface area contributed by atoms with E-state index < -0.39 is 0 Å². The molecule has 2 N–H and O–H groups in total. The Kier molecular flexibility index (Phi) is 3.96. The van der Waals surface area contributed by atoms with Gasteiger partial charge < -0.3 is 15.2 Å². The Balaban J connectivity index is 1.80. The van der Waals surface area contributed by atoms with E-state index in [1.807, 2.05) is 24.3 Å². The van der Waals surface area contributed by atoms with Crippen molar-refractivity contribution in [1.82, 2.24) is 15.5 Å². The second kappa shape index (κ2) is 6.05. The van der Waals surface area contributed by atoms with Crippen LogP contribution in [-0.2, 0) is 4.79 Å². The normalized spacial score (nSPS) is 18.4. The second-order valence-corrected chi connectivity index (χ2v) is 5.18. The first-order chi connectivity index (χ1) is 10.2. The van der Waals surface area contributed by atoms with Crippen LogP contribution in [0.25, 0.3) is 11.5 Å². The van der Waals surface area contributed by atoms with Gasteiger partial charge >= 0.3 is 0 Å². The van der Waals surface area contributed by atoms with Crippen LogP contribution >= 0.6 is 0 Å². The fourth-order valence-electron chi connectivity index (χ4n) is 2.48. The highest BCUT2D eigenvalue weighted by atomic mass is 16.5. The number of hydrogen-bond acceptors (Lipinski definition) is 5. The Hall–Kier alpha value is -2.21. The lowest BCUT2D eigenvalue weighted by molar-refractivity contribution is -0.118. The van der Waals surface area contributed by atoms with Crippen LogP contribution in [0.3, 0.4) is 0 Å². The Bertz CT molecular complexity index is 632. The van der Waals surface area contributed by atoms with Crippen molar-refractivity contribution in [2.24, 2.45) is 0 Å². The van der Waals surface area contributed by atoms with E-state index in [0.717, 1.165) is 31.4 Å². The number of aromatic nitrogens is 2. The fourth-order valence-corrected chi connectivity index (χ4v) is 2.48. The van der Waals surface area contributed by atoms with Gasteiger partial charge in [-0.2, -0.15) is 4.98 Å². The van der Waals surface area contributed by atoms with Crippen LogP contribution in [0.4, 0.5) is 5.69 Å². The molecule has 3 rings (SSSR count). The van der Waals surface area contributed by atoms with Gasteiger partial charge in [0, 0.05) is 0 Å². The number of amides is 1. The van der Waals surface area contributed by atoms with Crippen LogP contribution in [0, 0.1) is 6.92 Å². The molecule has 21 heavy (non-hydrogen) atoms. The number of carbonyl (C=O) groups excluding carboxylic acids is 1. The van der Waals surface area contributed by atoms with Gasteiger partial charge in [0.2, 0.25) is 5.91 Å². The molecule has 0 saturated carbocycles. The molecule has 1 aliphatic rings. The van der Waals surface area contributed by atoms with Gasteiger partial charge in [0.15, 0.2) is 5.82 Å². The summed E-state index contributed by atoms with van der Waals surface area (Å²) in [6.45, 7) is 2.66. The van der Waals surface area contributed by atoms with Crippen LogP contribution in [0.15, 0.2) is 28.8 Å². The molecule has 0 radical (unpaired) electrons. The van der Waals surface area contributed by atoms with E-state index >= 15 is 0 Å². The average Bonchev–Trinajstić information content (AvgIpc) is 2.95. The molecule has 1 fully saturated rings. The molecular weight excluding hydrogens is 268 g/mol. The molecule has 1 atom stereocenters. The van der Waals surface area contributed by atoms with E-state index in [2.05, 4.69) is 20.8 Å². The molecule has 1 aromatic heterocycles. The van der Waals surface area contributed by atoms with Crippen molar-refractivity contribution in [3.8, 4) is 11.5 Å². The summed E-state index contributed by atoms with van der Waals surface area (Å²) in [6.07, 6.45) is 3.07. The van der Waals surface area contributed by atoms with Gasteiger partial charge in [0.1, 0.15) is 0 Å². The number of anilines is 1. The number of piperidine rings is 1. The summed E-state index contributed by atoms with van der Waals surface area (Å²) in [5, 5.41) is 9.99. The van der Waals surface area contributed by atoms with E-state index in [1.54, 1.807) is 6.92 Å². The summed E-state index contributed by atoms with van der Waals surface area (Å²) in [4.78, 5) is 16.5. The van der Waals surface area contributed by atoms with Crippen molar-refractivity contribution in [1.29, 1.82) is 0 Å². The fraction of sp³-hybridized carbons (Fsp3) is 0.400. The minimum absolute atomic E-state index is 0.0154. The molecule has 110 valence electrons. The highest BCUT2D eigenvalue weighted by Crippen LogP contribution is 2.26. The molecule has 2 aromatic rings. The Morgan fingerprint density at radius 1 is 1.38 bits per heavy atom. The largest absolute Gasteiger partial charge is 0.334 e. The summed E-state index contributed by atoms with van der Waals surface area (Å²) >= 11 is 0. The van der Waals surface area contributed by atoms with Crippen molar-refractivity contribution < 1.29 is 9.32 Å². The lowest BCUT2D eigenvalue weighted by Gasteiger charge is -2.22. The van der Waals surface area contributed by atoms with Gasteiger partial charge in [0.05, 0.1) is 17.3 Å². The quantitative estimate of drug-likeness (QED) is 0.903. The third kappa shape index (κ3) is 3.11. The van der Waals surface area contributed by atoms with Gasteiger partial charge in [-0.25, -0.2) is 0 Å². The molecule has 6 heteroatoms. The Morgan fingerprint density at radius 3 is 2.95 bits per heavy atom. The van der Waals surface area contributed by atoms with Crippen LogP contribution in [-0.4, -0.2) is 28.6 Å². The molecule has 1 amide bonds. The third-order valence-electron chi connectivity index (χ3n) is 3.57. The number of nitrogens with zero attached hydrogens (tertiary/aromatic N) is 2. The van der Waals surface area contributed by atoms with E-state index in [0.29, 0.717) is 17.4 Å². The molecule has 6 nitrogen and oxygen atoms in total. The zero-order valence-corrected chi connectivity index (χ0v) is 11.9. The molecule has 1 aromatic carbocycles. The number of benzene rings is 1. The first-order valence-corrected chi connectivity index (χ1v) is 7.18. The number of rotatable bonds is 3. The Labute approximate surface area is 122 Å². The molecule has 1 saturated heterocycles. The monoisotopic (exact) mass is 286 g/mol. The van der Waals surface area contributed by atoms with E-state index in [9.17, 15) is 4.79 Å². The number of carbonyl (C=O) groups is 1. The molecule has 1 aliphatic heterocycles. The van der Waals surface area contributed by atoms with Crippen molar-refractivity contribution in [3.05, 3.63) is 30.1 Å². The summed E-state index contributed by atoms with van der Waals surface area (Å²) in [6, 6.07) is 7.32. The predicted octanol–water partition coefficient (Wildman–Crippen LogP) is 2.13. The van der Waals surface area contributed by atoms with Crippen LogP contribution in [0.5, 0.6) is 0 Å². The average molecular weight is 286 g/mol. The van der Waals surface area contributed by atoms with Gasteiger partial charge in [-0.3, -0.25) is 4.79 Å². The minimum atomic E-state index is -0.128. The Morgan fingerprint density at radius 2 is 2.24 bits per heavy atom. The van der Waals surface area contributed by atoms with Gasteiger partial charge in [-0.15, -0.1) is 0 Å². The summed E-state index contributed by atoms with van der Waals surface area (Å²) < 4.78 is 5.19. The molecule has 0 unspecified atom stereocenters. The summed E-state index contributed by atoms with van der Waals surface area (Å²) in [5.74, 6) is 0.971. The standard InChI is InChI=1S/C15H18N4O2/c1-10-17-15(21-19-10)11-6-2-3-7-12(11)18-14(20)13-8-4-5-9-16-13/h2-3,6-7,13,16H,4-5,8-9H2,1H3,(H,18,20)/t13-/m0/s1. The maximum Gasteiger partial charge on any atom is 0.260 e. The first-order valence-electron chi connectivity index (χ1n) is 7.18. The predicted molar refractivity (Wildman–Crippen MR) is 78.7 cm³/mol. The molecule has 0 bridgehead atoms. The van der Waals surface area contributed by atoms with Crippen molar-refractivity contribution in [3.63, 3.8) is 0 Å². The van der Waals surface area contributed by atoms with Gasteiger partial charge in [-0.05, 0) is 38.4 Å². The third-order valence-corrected chi connectivity index (χ3v) is 3.57. The van der Waals surface area contributed by atoms with Crippen molar-refractivity contribution >= 4 is 11.6 Å². The zero-order valence-electron chi connectivity index (χ0n) is 11.9. The maximum absolute atomic E-state index is 12.3. The van der Waals surface area contributed by atoms with E-state index in [1.165, 1.54) is 0 Å². The number of nitrogens with one attached hydrogen (secondary N) is 2. The van der Waals surface area contributed by atoms with Crippen LogP contribution in [0.2, 0.25) is 0 Å². The lowest BCUT2D eigenvalue weighted by atomic mass is 10.0.